The summed E-state index contributed by atoms with van der Waals surface area (Å²) in [5.74, 6) is 0.455. The molecule has 0 spiro atoms. The fourth-order valence-corrected chi connectivity index (χ4v) is 3.63. The predicted octanol–water partition coefficient (Wildman–Crippen LogP) is 3.11. The van der Waals surface area contributed by atoms with Gasteiger partial charge >= 0.3 is 0 Å². The van der Waals surface area contributed by atoms with Gasteiger partial charge in [0, 0.05) is 31.7 Å². The molecule has 32 heavy (non-hydrogen) atoms. The summed E-state index contributed by atoms with van der Waals surface area (Å²) < 4.78 is 5.19. The number of methoxy groups -OCH3 is 1. The highest BCUT2D eigenvalue weighted by molar-refractivity contribution is 5.88. The van der Waals surface area contributed by atoms with E-state index >= 15 is 0 Å². The minimum Gasteiger partial charge on any atom is -0.497 e. The van der Waals surface area contributed by atoms with Crippen LogP contribution in [0.5, 0.6) is 5.75 Å². The highest BCUT2D eigenvalue weighted by atomic mass is 16.5. The molecule has 2 amide bonds. The first-order valence-electron chi connectivity index (χ1n) is 11.0. The summed E-state index contributed by atoms with van der Waals surface area (Å²) in [5, 5.41) is 4.30. The van der Waals surface area contributed by atoms with Crippen molar-refractivity contribution in [2.45, 2.75) is 26.7 Å². The number of anilines is 1. The van der Waals surface area contributed by atoms with Gasteiger partial charge in [-0.15, -0.1) is 0 Å². The summed E-state index contributed by atoms with van der Waals surface area (Å²) in [4.78, 5) is 27.0. The molecule has 7 nitrogen and oxygen atoms in total. The molecule has 0 radical (unpaired) electrons. The minimum atomic E-state index is -0.180. The molecular formula is C25H32N4O3. The number of rotatable bonds is 10. The van der Waals surface area contributed by atoms with Crippen molar-refractivity contribution in [3.8, 4) is 5.75 Å². The molecule has 2 aromatic carbocycles. The van der Waals surface area contributed by atoms with E-state index in [1.54, 1.807) is 7.11 Å². The zero-order valence-electron chi connectivity index (χ0n) is 19.1. The van der Waals surface area contributed by atoms with Crippen molar-refractivity contribution in [1.29, 1.82) is 0 Å². The molecule has 0 atom stereocenters. The first-order valence-corrected chi connectivity index (χ1v) is 11.0. The maximum absolute atomic E-state index is 12.4. The van der Waals surface area contributed by atoms with Crippen LogP contribution >= 0.6 is 0 Å². The van der Waals surface area contributed by atoms with Gasteiger partial charge in [0.1, 0.15) is 12.3 Å². The second-order valence-electron chi connectivity index (χ2n) is 7.76. The van der Waals surface area contributed by atoms with Crippen molar-refractivity contribution in [3.63, 3.8) is 0 Å². The number of nitrogens with one attached hydrogen (secondary N) is 2. The Labute approximate surface area is 190 Å². The normalized spacial score (nSPS) is 13.3. The molecule has 0 saturated heterocycles. The Balaban J connectivity index is 1.45. The van der Waals surface area contributed by atoms with E-state index in [0.717, 1.165) is 36.5 Å². The van der Waals surface area contributed by atoms with Crippen LogP contribution in [-0.4, -0.2) is 50.1 Å². The van der Waals surface area contributed by atoms with Crippen LogP contribution in [0, 0.1) is 6.92 Å². The monoisotopic (exact) mass is 436 g/mol. The summed E-state index contributed by atoms with van der Waals surface area (Å²) in [6.45, 7) is 6.51. The van der Waals surface area contributed by atoms with Gasteiger partial charge in [-0.1, -0.05) is 12.1 Å². The van der Waals surface area contributed by atoms with E-state index in [4.69, 9.17) is 4.74 Å². The Morgan fingerprint density at radius 2 is 2.00 bits per heavy atom. The highest BCUT2D eigenvalue weighted by Gasteiger charge is 2.22. The second-order valence-corrected chi connectivity index (χ2v) is 7.76. The number of carbonyl (C=O) groups excluding carboxylic acids is 2. The average Bonchev–Trinajstić information content (AvgIpc) is 2.80. The number of benzene rings is 2. The van der Waals surface area contributed by atoms with E-state index < -0.39 is 0 Å². The minimum absolute atomic E-state index is 0.0261. The van der Waals surface area contributed by atoms with Crippen molar-refractivity contribution in [2.24, 2.45) is 0 Å². The van der Waals surface area contributed by atoms with Crippen molar-refractivity contribution >= 4 is 23.2 Å². The Morgan fingerprint density at radius 1 is 1.22 bits per heavy atom. The molecule has 2 aromatic rings. The van der Waals surface area contributed by atoms with Crippen LogP contribution in [0.3, 0.4) is 0 Å². The molecule has 0 aliphatic carbocycles. The van der Waals surface area contributed by atoms with Crippen molar-refractivity contribution in [3.05, 3.63) is 65.7 Å². The van der Waals surface area contributed by atoms with Gasteiger partial charge in [0.15, 0.2) is 0 Å². The van der Waals surface area contributed by atoms with Crippen LogP contribution in [0.15, 0.2) is 54.6 Å². The largest absolute Gasteiger partial charge is 0.497 e. The lowest BCUT2D eigenvalue weighted by Crippen LogP contribution is -2.49. The van der Waals surface area contributed by atoms with E-state index in [0.29, 0.717) is 6.54 Å². The van der Waals surface area contributed by atoms with Gasteiger partial charge in [-0.05, 0) is 73.9 Å². The smallest absolute Gasteiger partial charge is 0.245 e. The molecule has 0 saturated carbocycles. The molecule has 0 fully saturated rings. The molecule has 0 unspecified atom stereocenters. The van der Waals surface area contributed by atoms with Crippen molar-refractivity contribution in [1.82, 2.24) is 15.8 Å². The van der Waals surface area contributed by atoms with E-state index in [-0.39, 0.29) is 24.8 Å². The van der Waals surface area contributed by atoms with Gasteiger partial charge in [-0.25, -0.2) is 5.01 Å². The van der Waals surface area contributed by atoms with E-state index in [1.165, 1.54) is 16.3 Å². The number of carbonyl (C=O) groups is 2. The topological polar surface area (TPSA) is 73.9 Å². The van der Waals surface area contributed by atoms with Crippen LogP contribution in [-0.2, 0) is 9.59 Å². The lowest BCUT2D eigenvalue weighted by atomic mass is 10.1. The molecular weight excluding hydrogens is 404 g/mol. The van der Waals surface area contributed by atoms with Gasteiger partial charge in [0.25, 0.3) is 0 Å². The van der Waals surface area contributed by atoms with Crippen LogP contribution in [0.4, 0.5) is 5.69 Å². The number of amides is 2. The fourth-order valence-electron chi connectivity index (χ4n) is 3.63. The number of nitrogens with zero attached hydrogens (tertiary/aromatic N) is 2. The molecule has 1 aliphatic heterocycles. The van der Waals surface area contributed by atoms with Gasteiger partial charge in [0.2, 0.25) is 11.8 Å². The predicted molar refractivity (Wildman–Crippen MR) is 127 cm³/mol. The first-order chi connectivity index (χ1) is 15.5. The number of hydrogen-bond acceptors (Lipinski definition) is 5. The van der Waals surface area contributed by atoms with Crippen molar-refractivity contribution in [2.75, 3.05) is 38.2 Å². The molecule has 7 heteroatoms. The zero-order valence-corrected chi connectivity index (χ0v) is 19.1. The van der Waals surface area contributed by atoms with Gasteiger partial charge in [-0.3, -0.25) is 15.0 Å². The maximum Gasteiger partial charge on any atom is 0.245 e. The van der Waals surface area contributed by atoms with Gasteiger partial charge < -0.3 is 15.0 Å². The average molecular weight is 437 g/mol. The standard InChI is InChI=1S/C25H32N4O3/c1-4-28(21-8-5-7-19(2)17-21)16-6-15-26-24(30)18-29-25(31)14-13-23(27-29)20-9-11-22(32-3)12-10-20/h5,7-13,17,27H,4,6,14-16,18H2,1-3H3,(H,26,30). The Kier molecular flexibility index (Phi) is 8.14. The van der Waals surface area contributed by atoms with E-state index in [2.05, 4.69) is 53.8 Å². The van der Waals surface area contributed by atoms with Crippen LogP contribution in [0.25, 0.3) is 5.70 Å². The Hall–Kier alpha value is -3.48. The Bertz CT molecular complexity index is 956. The number of hydrogen-bond donors (Lipinski definition) is 2. The summed E-state index contributed by atoms with van der Waals surface area (Å²) in [6.07, 6.45) is 2.92. The summed E-state index contributed by atoms with van der Waals surface area (Å²) in [5.41, 5.74) is 7.23. The molecule has 1 heterocycles. The quantitative estimate of drug-likeness (QED) is 0.560. The van der Waals surface area contributed by atoms with Crippen molar-refractivity contribution < 1.29 is 14.3 Å². The summed E-state index contributed by atoms with van der Waals surface area (Å²) >= 11 is 0. The molecule has 0 bridgehead atoms. The molecule has 1 aliphatic rings. The van der Waals surface area contributed by atoms with Crippen LogP contribution in [0.2, 0.25) is 0 Å². The SMILES string of the molecule is CCN(CCCNC(=O)CN1NC(c2ccc(OC)cc2)=CCC1=O)c1cccc(C)c1. The number of hydrazine groups is 1. The maximum atomic E-state index is 12.4. The van der Waals surface area contributed by atoms with E-state index in [1.807, 2.05) is 30.3 Å². The second kappa shape index (κ2) is 11.2. The molecule has 2 N–H and O–H groups in total. The Morgan fingerprint density at radius 3 is 2.69 bits per heavy atom. The molecule has 3 rings (SSSR count). The van der Waals surface area contributed by atoms with E-state index in [9.17, 15) is 9.59 Å². The summed E-state index contributed by atoms with van der Waals surface area (Å²) in [6, 6.07) is 16.0. The molecule has 170 valence electrons. The lowest BCUT2D eigenvalue weighted by Gasteiger charge is -2.29. The summed E-state index contributed by atoms with van der Waals surface area (Å²) in [7, 11) is 1.62. The highest BCUT2D eigenvalue weighted by Crippen LogP contribution is 2.20. The third-order valence-corrected chi connectivity index (χ3v) is 5.42. The van der Waals surface area contributed by atoms with Gasteiger partial charge in [-0.2, -0.15) is 0 Å². The fraction of sp³-hybridized carbons (Fsp3) is 0.360. The number of aryl methyl sites for hydroxylation is 1. The molecule has 0 aromatic heterocycles. The third-order valence-electron chi connectivity index (χ3n) is 5.42. The van der Waals surface area contributed by atoms with Crippen LogP contribution < -0.4 is 20.4 Å². The number of ether oxygens (including phenoxy) is 1. The van der Waals surface area contributed by atoms with Gasteiger partial charge in [0.05, 0.1) is 12.8 Å². The third kappa shape index (κ3) is 6.26. The van der Waals surface area contributed by atoms with Crippen LogP contribution in [0.1, 0.15) is 30.9 Å². The first kappa shape index (κ1) is 23.2. The lowest BCUT2D eigenvalue weighted by molar-refractivity contribution is -0.137. The zero-order chi connectivity index (χ0) is 22.9.